The number of carbonyl (C=O) groups excluding carboxylic acids is 2. The van der Waals surface area contributed by atoms with E-state index in [4.69, 9.17) is 4.74 Å². The Morgan fingerprint density at radius 1 is 0.941 bits per heavy atom. The number of hydrogen-bond donors (Lipinski definition) is 2. The molecule has 8 heteroatoms. The van der Waals surface area contributed by atoms with E-state index in [2.05, 4.69) is 5.32 Å². The van der Waals surface area contributed by atoms with Gasteiger partial charge < -0.3 is 0 Å². The molecule has 0 bridgehead atoms. The average molecular weight is 525 g/mol. The minimum absolute atomic E-state index is 0.140. The molecule has 0 heterocycles. The number of rotatable bonds is 10. The summed E-state index contributed by atoms with van der Waals surface area (Å²) < 4.78 is 6.50. The van der Waals surface area contributed by atoms with Gasteiger partial charge in [0.25, 0.3) is 0 Å². The van der Waals surface area contributed by atoms with Gasteiger partial charge in [-0.05, 0) is 5.56 Å². The molecule has 0 unspecified atom stereocenters. The van der Waals surface area contributed by atoms with Crippen LogP contribution in [0.2, 0.25) is 5.32 Å². The molecule has 1 atom stereocenters. The normalized spacial score (nSPS) is 11.3. The molecule has 3 rings (SSSR count). The van der Waals surface area contributed by atoms with E-state index in [1.54, 1.807) is 31.3 Å². The Balaban J connectivity index is 1.52. The second kappa shape index (κ2) is 12.6. The first-order chi connectivity index (χ1) is 16.4. The number of aliphatic carboxylic acids is 1. The number of amides is 2. The van der Waals surface area contributed by atoms with Crippen LogP contribution in [0.5, 0.6) is 0 Å². The summed E-state index contributed by atoms with van der Waals surface area (Å²) in [6.45, 7) is 0.159. The summed E-state index contributed by atoms with van der Waals surface area (Å²) >= 11 is 0.140. The van der Waals surface area contributed by atoms with E-state index >= 15 is 0 Å². The van der Waals surface area contributed by atoms with Crippen LogP contribution in [0.1, 0.15) is 22.3 Å². The number of benzene rings is 3. The van der Waals surface area contributed by atoms with Crippen LogP contribution in [0.25, 0.3) is 0 Å². The van der Waals surface area contributed by atoms with E-state index in [0.29, 0.717) is 23.0 Å². The van der Waals surface area contributed by atoms with Crippen molar-refractivity contribution < 1.29 is 24.2 Å². The Hall–Kier alpha value is -3.61. The average Bonchev–Trinajstić information content (AvgIpc) is 2.87. The molecule has 3 aromatic carbocycles. The molecule has 0 saturated carbocycles. The number of anilines is 1. The second-order valence-electron chi connectivity index (χ2n) is 7.46. The van der Waals surface area contributed by atoms with Gasteiger partial charge in [-0.25, -0.2) is 0 Å². The predicted molar refractivity (Wildman–Crippen MR) is 132 cm³/mol. The number of nitrogens with zero attached hydrogens (tertiary/aromatic N) is 1. The Morgan fingerprint density at radius 3 is 2.18 bits per heavy atom. The van der Waals surface area contributed by atoms with E-state index < -0.39 is 24.0 Å². The number of carboxylic acids is 1. The van der Waals surface area contributed by atoms with Crippen molar-refractivity contribution >= 4 is 43.1 Å². The van der Waals surface area contributed by atoms with Crippen LogP contribution in [0.3, 0.4) is 0 Å². The van der Waals surface area contributed by atoms with Crippen molar-refractivity contribution in [2.45, 2.75) is 24.4 Å². The second-order valence-corrected chi connectivity index (χ2v) is 9.91. The third-order valence-electron chi connectivity index (χ3n) is 5.02. The number of carboxylic acid groups (broad SMARTS) is 1. The van der Waals surface area contributed by atoms with Crippen molar-refractivity contribution in [3.8, 4) is 0 Å². The van der Waals surface area contributed by atoms with E-state index in [0.717, 1.165) is 5.56 Å². The van der Waals surface area contributed by atoms with E-state index in [1.165, 1.54) is 9.36 Å². The quantitative estimate of drug-likeness (QED) is 0.396. The fourth-order valence-corrected chi connectivity index (χ4v) is 5.04. The molecular weight excluding hydrogens is 499 g/mol. The minimum atomic E-state index is -1.06. The van der Waals surface area contributed by atoms with Gasteiger partial charge in [-0.1, -0.05) is 30.3 Å². The van der Waals surface area contributed by atoms with E-state index in [-0.39, 0.29) is 21.6 Å². The number of hydrogen-bond acceptors (Lipinski definition) is 4. The van der Waals surface area contributed by atoms with Crippen LogP contribution >= 0.6 is 0 Å². The standard InChI is InChI=1S/C26H26N2O5Se/c1-28(26(32)33-18-19-8-4-2-5-9-19)21-14-12-20(13-15-21)24(29)27-23(25(30)31)16-17-34-22-10-6-3-7-11-22/h2-15,23H,16-18H2,1H3,(H,27,29)(H,30,31)/t23-/m0/s1. The molecule has 0 aliphatic rings. The Labute approximate surface area is 204 Å². The topological polar surface area (TPSA) is 95.9 Å². The van der Waals surface area contributed by atoms with E-state index in [1.807, 2.05) is 60.7 Å². The SMILES string of the molecule is CN(C(=O)OCc1ccccc1)c1ccc(C(=O)N[C@@H](CC[Se]c2ccccc2)C(=O)O)cc1. The first-order valence-corrected chi connectivity index (χ1v) is 12.8. The first-order valence-electron chi connectivity index (χ1n) is 10.7. The summed E-state index contributed by atoms with van der Waals surface area (Å²) in [7, 11) is 1.58. The Kier molecular flexibility index (Phi) is 9.26. The van der Waals surface area contributed by atoms with Crippen LogP contribution in [-0.2, 0) is 16.1 Å². The van der Waals surface area contributed by atoms with Gasteiger partial charge in [0.2, 0.25) is 0 Å². The van der Waals surface area contributed by atoms with Gasteiger partial charge in [-0.3, -0.25) is 0 Å². The molecule has 34 heavy (non-hydrogen) atoms. The van der Waals surface area contributed by atoms with E-state index in [9.17, 15) is 19.5 Å². The van der Waals surface area contributed by atoms with Crippen LogP contribution in [0.4, 0.5) is 10.5 Å². The third kappa shape index (κ3) is 7.47. The van der Waals surface area contributed by atoms with Crippen molar-refractivity contribution in [2.75, 3.05) is 11.9 Å². The van der Waals surface area contributed by atoms with Gasteiger partial charge >= 0.3 is 163 Å². The van der Waals surface area contributed by atoms with Crippen LogP contribution in [0, 0.1) is 0 Å². The number of nitrogens with one attached hydrogen (secondary N) is 1. The van der Waals surface area contributed by atoms with Crippen molar-refractivity contribution in [1.29, 1.82) is 0 Å². The molecule has 3 aromatic rings. The first kappa shape index (κ1) is 25.0. The third-order valence-corrected chi connectivity index (χ3v) is 7.21. The molecule has 7 nitrogen and oxygen atoms in total. The monoisotopic (exact) mass is 526 g/mol. The van der Waals surface area contributed by atoms with Crippen molar-refractivity contribution in [1.82, 2.24) is 5.32 Å². The summed E-state index contributed by atoms with van der Waals surface area (Å²) in [5.74, 6) is -1.53. The van der Waals surface area contributed by atoms with Crippen molar-refractivity contribution in [3.05, 3.63) is 96.1 Å². The number of ether oxygens (including phenoxy) is 1. The number of carbonyl (C=O) groups is 3. The zero-order chi connectivity index (χ0) is 24.3. The molecule has 0 aromatic heterocycles. The van der Waals surface area contributed by atoms with Crippen molar-refractivity contribution in [3.63, 3.8) is 0 Å². The van der Waals surface area contributed by atoms with Gasteiger partial charge in [-0.15, -0.1) is 0 Å². The van der Waals surface area contributed by atoms with Gasteiger partial charge in [0, 0.05) is 0 Å². The van der Waals surface area contributed by atoms with Gasteiger partial charge in [0.05, 0.1) is 0 Å². The molecule has 0 aliphatic carbocycles. The zero-order valence-corrected chi connectivity index (χ0v) is 20.4. The van der Waals surface area contributed by atoms with Gasteiger partial charge in [0.15, 0.2) is 0 Å². The molecule has 0 aliphatic heterocycles. The maximum absolute atomic E-state index is 12.6. The predicted octanol–water partition coefficient (Wildman–Crippen LogP) is 3.48. The van der Waals surface area contributed by atoms with Crippen LogP contribution in [-0.4, -0.2) is 51.1 Å². The summed E-state index contributed by atoms with van der Waals surface area (Å²) in [5.41, 5.74) is 1.75. The molecule has 0 saturated heterocycles. The summed E-state index contributed by atoms with van der Waals surface area (Å²) in [5, 5.41) is 12.8. The summed E-state index contributed by atoms with van der Waals surface area (Å²) in [4.78, 5) is 37.9. The maximum atomic E-state index is 12.6. The molecule has 2 N–H and O–H groups in total. The summed E-state index contributed by atoms with van der Waals surface area (Å²) in [6.07, 6.45) is -0.170. The van der Waals surface area contributed by atoms with Crippen LogP contribution < -0.4 is 14.7 Å². The summed E-state index contributed by atoms with van der Waals surface area (Å²) in [6, 6.07) is 24.6. The fourth-order valence-electron chi connectivity index (χ4n) is 3.07. The molecule has 0 fully saturated rings. The van der Waals surface area contributed by atoms with Crippen LogP contribution in [0.15, 0.2) is 84.9 Å². The molecule has 176 valence electrons. The molecule has 2 amide bonds. The molecular formula is C26H26N2O5Se. The molecule has 0 radical (unpaired) electrons. The zero-order valence-electron chi connectivity index (χ0n) is 18.7. The fraction of sp³-hybridized carbons (Fsp3) is 0.192. The van der Waals surface area contributed by atoms with Gasteiger partial charge in [0.1, 0.15) is 6.61 Å². The Bertz CT molecular complexity index is 1090. The Morgan fingerprint density at radius 2 is 1.56 bits per heavy atom. The van der Waals surface area contributed by atoms with Crippen molar-refractivity contribution in [2.24, 2.45) is 0 Å². The van der Waals surface area contributed by atoms with Gasteiger partial charge in [-0.2, -0.15) is 0 Å². The molecule has 0 spiro atoms.